The first-order valence-electron chi connectivity index (χ1n) is 7.36. The van der Waals surface area contributed by atoms with Crippen molar-refractivity contribution in [3.05, 3.63) is 32.6 Å². The van der Waals surface area contributed by atoms with E-state index in [1.807, 2.05) is 6.92 Å². The van der Waals surface area contributed by atoms with Crippen LogP contribution in [-0.4, -0.2) is 50.3 Å². The van der Waals surface area contributed by atoms with Crippen LogP contribution in [0.1, 0.15) is 31.6 Å². The number of fused-ring (bicyclic) bond motifs is 2. The van der Waals surface area contributed by atoms with Gasteiger partial charge in [-0.3, -0.25) is 14.3 Å². The molecule has 0 aliphatic carbocycles. The fraction of sp³-hybridized carbons (Fsp3) is 0.714. The van der Waals surface area contributed by atoms with Gasteiger partial charge in [-0.05, 0) is 13.3 Å². The molecule has 8 nitrogen and oxygen atoms in total. The second-order valence-electron chi connectivity index (χ2n) is 5.99. The second-order valence-corrected chi connectivity index (χ2v) is 5.99. The molecule has 2 bridgehead atoms. The Morgan fingerprint density at radius 1 is 1.50 bits per heavy atom. The van der Waals surface area contributed by atoms with Gasteiger partial charge in [-0.25, -0.2) is 4.79 Å². The number of aliphatic hydroxyl groups is 2. The summed E-state index contributed by atoms with van der Waals surface area (Å²) in [5, 5.41) is 20.1. The molecule has 3 N–H and O–H groups in total. The second kappa shape index (κ2) is 5.31. The lowest BCUT2D eigenvalue weighted by molar-refractivity contribution is -0.165. The molecule has 8 heteroatoms. The Hall–Kier alpha value is -1.48. The van der Waals surface area contributed by atoms with Crippen molar-refractivity contribution in [2.24, 2.45) is 0 Å². The number of nitrogens with zero attached hydrogens (tertiary/aromatic N) is 1. The summed E-state index contributed by atoms with van der Waals surface area (Å²) in [6.07, 6.45) is -0.411. The van der Waals surface area contributed by atoms with Crippen molar-refractivity contribution in [2.75, 3.05) is 6.61 Å². The van der Waals surface area contributed by atoms with Crippen molar-refractivity contribution in [2.45, 2.75) is 56.8 Å². The quantitative estimate of drug-likeness (QED) is 0.662. The number of aryl methyl sites for hydroxylation is 1. The molecule has 2 aliphatic heterocycles. The van der Waals surface area contributed by atoms with Crippen molar-refractivity contribution in [1.82, 2.24) is 9.55 Å². The van der Waals surface area contributed by atoms with Crippen LogP contribution in [-0.2, 0) is 9.47 Å². The van der Waals surface area contributed by atoms with Crippen molar-refractivity contribution >= 4 is 0 Å². The Kier molecular flexibility index (Phi) is 3.72. The topological polar surface area (TPSA) is 114 Å². The Labute approximate surface area is 126 Å². The lowest BCUT2D eigenvalue weighted by Crippen LogP contribution is -2.54. The smallest absolute Gasteiger partial charge is 0.330 e. The maximum Gasteiger partial charge on any atom is 0.330 e. The standard InChI is InChI=1S/C14H20N2O6/c1-3-8-4-14(6-17)10(18)9(21-8)12(22-14)16-5-7(2)11(19)15-13(16)20/h5,8-10,12,17-18H,3-4,6H2,1-2H3,(H,15,19,20). The van der Waals surface area contributed by atoms with E-state index in [0.29, 0.717) is 18.4 Å². The molecule has 1 aromatic heterocycles. The number of hydrogen-bond donors (Lipinski definition) is 3. The molecule has 22 heavy (non-hydrogen) atoms. The average molecular weight is 312 g/mol. The highest BCUT2D eigenvalue weighted by Gasteiger charge is 2.60. The molecule has 0 spiro atoms. The van der Waals surface area contributed by atoms with Gasteiger partial charge < -0.3 is 19.7 Å². The molecule has 5 atom stereocenters. The molecule has 0 radical (unpaired) electrons. The molecule has 1 aromatic rings. The molecule has 3 rings (SSSR count). The van der Waals surface area contributed by atoms with Gasteiger partial charge in [0.1, 0.15) is 17.8 Å². The minimum absolute atomic E-state index is 0.162. The van der Waals surface area contributed by atoms with E-state index in [2.05, 4.69) is 4.98 Å². The van der Waals surface area contributed by atoms with Crippen LogP contribution >= 0.6 is 0 Å². The minimum Gasteiger partial charge on any atom is -0.393 e. The summed E-state index contributed by atoms with van der Waals surface area (Å²) >= 11 is 0. The largest absolute Gasteiger partial charge is 0.393 e. The Morgan fingerprint density at radius 2 is 2.23 bits per heavy atom. The third-order valence-corrected chi connectivity index (χ3v) is 4.55. The lowest BCUT2D eigenvalue weighted by Gasteiger charge is -2.38. The summed E-state index contributed by atoms with van der Waals surface area (Å²) in [5.74, 6) is 0. The predicted molar refractivity (Wildman–Crippen MR) is 75.6 cm³/mol. The monoisotopic (exact) mass is 312 g/mol. The first kappa shape index (κ1) is 15.4. The molecule has 0 amide bonds. The van der Waals surface area contributed by atoms with Gasteiger partial charge in [0.25, 0.3) is 5.56 Å². The van der Waals surface area contributed by atoms with Crippen LogP contribution in [0.5, 0.6) is 0 Å². The van der Waals surface area contributed by atoms with Gasteiger partial charge in [-0.15, -0.1) is 0 Å². The first-order chi connectivity index (χ1) is 10.4. The maximum absolute atomic E-state index is 12.0. The number of aliphatic hydroxyl groups excluding tert-OH is 2. The van der Waals surface area contributed by atoms with Gasteiger partial charge in [0.15, 0.2) is 6.23 Å². The zero-order valence-electron chi connectivity index (χ0n) is 12.5. The molecule has 0 saturated carbocycles. The third kappa shape index (κ3) is 2.14. The van der Waals surface area contributed by atoms with E-state index in [4.69, 9.17) is 9.47 Å². The summed E-state index contributed by atoms with van der Waals surface area (Å²) in [4.78, 5) is 25.7. The number of nitrogens with one attached hydrogen (secondary N) is 1. The zero-order valence-corrected chi connectivity index (χ0v) is 12.5. The van der Waals surface area contributed by atoms with Gasteiger partial charge >= 0.3 is 5.69 Å². The minimum atomic E-state index is -1.14. The normalized spacial score (nSPS) is 37.5. The maximum atomic E-state index is 12.0. The summed E-state index contributed by atoms with van der Waals surface area (Å²) in [6.45, 7) is 3.15. The highest BCUT2D eigenvalue weighted by atomic mass is 16.6. The fourth-order valence-electron chi connectivity index (χ4n) is 3.22. The number of aromatic amines is 1. The Bertz CT molecular complexity index is 683. The number of hydrogen-bond acceptors (Lipinski definition) is 6. The van der Waals surface area contributed by atoms with Crippen LogP contribution < -0.4 is 11.2 Å². The fourth-order valence-corrected chi connectivity index (χ4v) is 3.22. The van der Waals surface area contributed by atoms with E-state index < -0.39 is 35.3 Å². The predicted octanol–water partition coefficient (Wildman–Crippen LogP) is -0.967. The van der Waals surface area contributed by atoms with Gasteiger partial charge in [0, 0.05) is 18.2 Å². The van der Waals surface area contributed by atoms with E-state index in [1.54, 1.807) is 6.92 Å². The summed E-state index contributed by atoms with van der Waals surface area (Å²) < 4.78 is 12.9. The summed E-state index contributed by atoms with van der Waals surface area (Å²) in [5.41, 5.74) is -1.89. The molecule has 3 heterocycles. The van der Waals surface area contributed by atoms with Gasteiger partial charge in [0.2, 0.25) is 0 Å². The molecule has 2 saturated heterocycles. The first-order valence-corrected chi connectivity index (χ1v) is 7.36. The molecule has 5 unspecified atom stereocenters. The zero-order chi connectivity index (χ0) is 16.1. The molecular formula is C14H20N2O6. The van der Waals surface area contributed by atoms with Crippen LogP contribution in [0.3, 0.4) is 0 Å². The van der Waals surface area contributed by atoms with E-state index in [9.17, 15) is 19.8 Å². The van der Waals surface area contributed by atoms with Crippen LogP contribution in [0.4, 0.5) is 0 Å². The van der Waals surface area contributed by atoms with Gasteiger partial charge in [-0.2, -0.15) is 0 Å². The number of rotatable bonds is 3. The number of ether oxygens (including phenoxy) is 2. The van der Waals surface area contributed by atoms with E-state index in [1.165, 1.54) is 10.8 Å². The Balaban J connectivity index is 2.05. The van der Waals surface area contributed by atoms with Crippen molar-refractivity contribution in [3.63, 3.8) is 0 Å². The van der Waals surface area contributed by atoms with Crippen LogP contribution in [0, 0.1) is 6.92 Å². The molecular weight excluding hydrogens is 292 g/mol. The van der Waals surface area contributed by atoms with Crippen molar-refractivity contribution < 1.29 is 19.7 Å². The molecule has 2 fully saturated rings. The van der Waals surface area contributed by atoms with Crippen molar-refractivity contribution in [3.8, 4) is 0 Å². The van der Waals surface area contributed by atoms with E-state index in [-0.39, 0.29) is 12.7 Å². The summed E-state index contributed by atoms with van der Waals surface area (Å²) in [6, 6.07) is 0. The van der Waals surface area contributed by atoms with Crippen LogP contribution in [0.25, 0.3) is 0 Å². The molecule has 122 valence electrons. The number of H-pyrrole nitrogens is 1. The third-order valence-electron chi connectivity index (χ3n) is 4.55. The molecule has 2 aliphatic rings. The van der Waals surface area contributed by atoms with E-state index >= 15 is 0 Å². The number of aromatic nitrogens is 2. The Morgan fingerprint density at radius 3 is 2.86 bits per heavy atom. The highest BCUT2D eigenvalue weighted by molar-refractivity contribution is 5.09. The molecule has 0 aromatic carbocycles. The van der Waals surface area contributed by atoms with E-state index in [0.717, 1.165) is 0 Å². The summed E-state index contributed by atoms with van der Waals surface area (Å²) in [7, 11) is 0. The lowest BCUT2D eigenvalue weighted by atomic mass is 9.86. The van der Waals surface area contributed by atoms with Crippen LogP contribution in [0.15, 0.2) is 15.8 Å². The average Bonchev–Trinajstić information content (AvgIpc) is 2.67. The van der Waals surface area contributed by atoms with Gasteiger partial charge in [-0.1, -0.05) is 6.92 Å². The van der Waals surface area contributed by atoms with Crippen LogP contribution in [0.2, 0.25) is 0 Å². The SMILES string of the molecule is CCC1CC2(CO)OC(n3cc(C)c(=O)[nH]c3=O)C(O1)C2O. The highest BCUT2D eigenvalue weighted by Crippen LogP contribution is 2.46. The van der Waals surface area contributed by atoms with Gasteiger partial charge in [0.05, 0.1) is 12.7 Å². The van der Waals surface area contributed by atoms with Crippen molar-refractivity contribution in [1.29, 1.82) is 0 Å².